The van der Waals surface area contributed by atoms with Gasteiger partial charge in [-0.05, 0) is 26.2 Å². The molecule has 0 aliphatic carbocycles. The van der Waals surface area contributed by atoms with Crippen LogP contribution in [-0.4, -0.2) is 45.7 Å². The molecule has 1 aliphatic heterocycles. The van der Waals surface area contributed by atoms with Gasteiger partial charge < -0.3 is 10.2 Å². The van der Waals surface area contributed by atoms with E-state index in [1.807, 2.05) is 11.8 Å². The molecule has 0 bridgehead atoms. The number of urea groups is 1. The van der Waals surface area contributed by atoms with Crippen molar-refractivity contribution in [3.8, 4) is 0 Å². The quantitative estimate of drug-likeness (QED) is 0.815. The Morgan fingerprint density at radius 3 is 3.11 bits per heavy atom. The van der Waals surface area contributed by atoms with Crippen LogP contribution < -0.4 is 5.32 Å². The predicted molar refractivity (Wildman–Crippen MR) is 73.0 cm³/mol. The van der Waals surface area contributed by atoms with Crippen molar-refractivity contribution in [1.29, 1.82) is 0 Å². The number of aryl methyl sites for hydroxylation is 1. The summed E-state index contributed by atoms with van der Waals surface area (Å²) in [6.45, 7) is 6.33. The van der Waals surface area contributed by atoms with Crippen LogP contribution in [0.15, 0.2) is 0 Å². The standard InChI is InChI=1S/C13H23N5O/c1-3-4-7-14-13(19)18-8-5-6-11(9-18)12-15-10(2)16-17-12/h11H,3-9H2,1-2H3,(H,14,19)(H,15,16,17)/t11-/m0/s1. The Morgan fingerprint density at radius 1 is 1.58 bits per heavy atom. The number of hydrogen-bond donors (Lipinski definition) is 2. The molecule has 2 heterocycles. The maximum Gasteiger partial charge on any atom is 0.317 e. The molecular formula is C13H23N5O. The number of nitrogens with zero attached hydrogens (tertiary/aromatic N) is 3. The Morgan fingerprint density at radius 2 is 2.42 bits per heavy atom. The maximum atomic E-state index is 12.0. The lowest BCUT2D eigenvalue weighted by Crippen LogP contribution is -2.45. The van der Waals surface area contributed by atoms with Crippen LogP contribution in [0.25, 0.3) is 0 Å². The first kappa shape index (κ1) is 13.8. The number of hydrogen-bond acceptors (Lipinski definition) is 3. The zero-order valence-corrected chi connectivity index (χ0v) is 11.8. The molecule has 0 radical (unpaired) electrons. The monoisotopic (exact) mass is 265 g/mol. The summed E-state index contributed by atoms with van der Waals surface area (Å²) < 4.78 is 0. The number of carbonyl (C=O) groups excluding carboxylic acids is 1. The average molecular weight is 265 g/mol. The number of rotatable bonds is 4. The van der Waals surface area contributed by atoms with E-state index >= 15 is 0 Å². The molecule has 2 N–H and O–H groups in total. The Bertz CT molecular complexity index is 417. The topological polar surface area (TPSA) is 73.9 Å². The molecule has 0 saturated carbocycles. The number of unbranched alkanes of at least 4 members (excludes halogenated alkanes) is 1. The van der Waals surface area contributed by atoms with Gasteiger partial charge in [-0.1, -0.05) is 13.3 Å². The summed E-state index contributed by atoms with van der Waals surface area (Å²) in [6.07, 6.45) is 4.19. The van der Waals surface area contributed by atoms with Gasteiger partial charge in [-0.25, -0.2) is 9.78 Å². The lowest BCUT2D eigenvalue weighted by Gasteiger charge is -2.31. The number of aromatic amines is 1. The first-order chi connectivity index (χ1) is 9.20. The Balaban J connectivity index is 1.88. The van der Waals surface area contributed by atoms with Crippen molar-refractivity contribution in [3.05, 3.63) is 11.6 Å². The SMILES string of the molecule is CCCCNC(=O)N1CCC[C@H](c2n[nH]c(C)n2)C1. The van der Waals surface area contributed by atoms with Crippen LogP contribution >= 0.6 is 0 Å². The molecule has 6 nitrogen and oxygen atoms in total. The number of H-pyrrole nitrogens is 1. The van der Waals surface area contributed by atoms with E-state index in [4.69, 9.17) is 0 Å². The van der Waals surface area contributed by atoms with Crippen molar-refractivity contribution >= 4 is 6.03 Å². The summed E-state index contributed by atoms with van der Waals surface area (Å²) in [5.74, 6) is 1.93. The number of piperidine rings is 1. The summed E-state index contributed by atoms with van der Waals surface area (Å²) in [4.78, 5) is 18.3. The fourth-order valence-corrected chi connectivity index (χ4v) is 2.40. The van der Waals surface area contributed by atoms with Gasteiger partial charge in [-0.3, -0.25) is 5.10 Å². The van der Waals surface area contributed by atoms with Crippen molar-refractivity contribution in [1.82, 2.24) is 25.4 Å². The van der Waals surface area contributed by atoms with Gasteiger partial charge in [0.15, 0.2) is 5.82 Å². The molecule has 1 fully saturated rings. The second-order valence-electron chi connectivity index (χ2n) is 5.15. The normalized spacial score (nSPS) is 19.5. The molecule has 1 aromatic rings. The Kier molecular flexibility index (Phi) is 4.76. The molecule has 0 spiro atoms. The van der Waals surface area contributed by atoms with Gasteiger partial charge in [0.1, 0.15) is 5.82 Å². The van der Waals surface area contributed by atoms with Crippen LogP contribution in [0.2, 0.25) is 0 Å². The lowest BCUT2D eigenvalue weighted by molar-refractivity contribution is 0.178. The van der Waals surface area contributed by atoms with Crippen LogP contribution in [-0.2, 0) is 0 Å². The minimum absolute atomic E-state index is 0.0467. The van der Waals surface area contributed by atoms with Gasteiger partial charge in [0.25, 0.3) is 0 Å². The van der Waals surface area contributed by atoms with Crippen LogP contribution in [0.4, 0.5) is 4.79 Å². The van der Waals surface area contributed by atoms with E-state index in [9.17, 15) is 4.79 Å². The zero-order valence-electron chi connectivity index (χ0n) is 11.8. The minimum atomic E-state index is 0.0467. The highest BCUT2D eigenvalue weighted by Gasteiger charge is 2.26. The van der Waals surface area contributed by atoms with E-state index in [1.54, 1.807) is 0 Å². The molecule has 0 aromatic carbocycles. The summed E-state index contributed by atoms with van der Waals surface area (Å²) in [7, 11) is 0. The Labute approximate surface area is 114 Å². The van der Waals surface area contributed by atoms with Crippen molar-refractivity contribution in [2.45, 2.75) is 45.4 Å². The number of likely N-dealkylation sites (tertiary alicyclic amines) is 1. The van der Waals surface area contributed by atoms with E-state index in [-0.39, 0.29) is 11.9 Å². The molecular weight excluding hydrogens is 242 g/mol. The second kappa shape index (κ2) is 6.54. The van der Waals surface area contributed by atoms with E-state index in [0.29, 0.717) is 0 Å². The third-order valence-electron chi connectivity index (χ3n) is 3.49. The molecule has 19 heavy (non-hydrogen) atoms. The first-order valence-corrected chi connectivity index (χ1v) is 7.12. The Hall–Kier alpha value is -1.59. The molecule has 2 rings (SSSR count). The molecule has 1 atom stereocenters. The van der Waals surface area contributed by atoms with Crippen LogP contribution in [0, 0.1) is 6.92 Å². The molecule has 106 valence electrons. The molecule has 6 heteroatoms. The third-order valence-corrected chi connectivity index (χ3v) is 3.49. The van der Waals surface area contributed by atoms with Gasteiger partial charge in [0.2, 0.25) is 0 Å². The van der Waals surface area contributed by atoms with E-state index < -0.39 is 0 Å². The average Bonchev–Trinajstić information content (AvgIpc) is 2.86. The van der Waals surface area contributed by atoms with E-state index in [2.05, 4.69) is 27.4 Å². The first-order valence-electron chi connectivity index (χ1n) is 7.12. The predicted octanol–water partition coefficient (Wildman–Crippen LogP) is 1.80. The van der Waals surface area contributed by atoms with Crippen molar-refractivity contribution < 1.29 is 4.79 Å². The highest BCUT2D eigenvalue weighted by Crippen LogP contribution is 2.24. The number of amides is 2. The molecule has 2 amide bonds. The van der Waals surface area contributed by atoms with Crippen molar-refractivity contribution in [2.75, 3.05) is 19.6 Å². The largest absolute Gasteiger partial charge is 0.338 e. The number of nitrogens with one attached hydrogen (secondary N) is 2. The fraction of sp³-hybridized carbons (Fsp3) is 0.769. The summed E-state index contributed by atoms with van der Waals surface area (Å²) in [5.41, 5.74) is 0. The van der Waals surface area contributed by atoms with E-state index in [1.165, 1.54) is 0 Å². The smallest absolute Gasteiger partial charge is 0.317 e. The van der Waals surface area contributed by atoms with Crippen LogP contribution in [0.1, 0.15) is 50.2 Å². The fourth-order valence-electron chi connectivity index (χ4n) is 2.40. The summed E-state index contributed by atoms with van der Waals surface area (Å²) >= 11 is 0. The summed E-state index contributed by atoms with van der Waals surface area (Å²) in [5, 5.41) is 10.1. The van der Waals surface area contributed by atoms with Gasteiger partial charge in [0.05, 0.1) is 0 Å². The molecule has 1 saturated heterocycles. The zero-order chi connectivity index (χ0) is 13.7. The lowest BCUT2D eigenvalue weighted by atomic mass is 9.98. The van der Waals surface area contributed by atoms with Crippen LogP contribution in [0.5, 0.6) is 0 Å². The van der Waals surface area contributed by atoms with Crippen molar-refractivity contribution in [3.63, 3.8) is 0 Å². The minimum Gasteiger partial charge on any atom is -0.338 e. The maximum absolute atomic E-state index is 12.0. The highest BCUT2D eigenvalue weighted by molar-refractivity contribution is 5.74. The summed E-state index contributed by atoms with van der Waals surface area (Å²) in [6, 6.07) is 0.0467. The molecule has 1 aliphatic rings. The second-order valence-corrected chi connectivity index (χ2v) is 5.15. The highest BCUT2D eigenvalue weighted by atomic mass is 16.2. The number of carbonyl (C=O) groups is 1. The van der Waals surface area contributed by atoms with Crippen molar-refractivity contribution in [2.24, 2.45) is 0 Å². The third kappa shape index (κ3) is 3.68. The molecule has 0 unspecified atom stereocenters. The molecule has 1 aromatic heterocycles. The van der Waals surface area contributed by atoms with E-state index in [0.717, 1.165) is 57.0 Å². The van der Waals surface area contributed by atoms with Gasteiger partial charge in [0, 0.05) is 25.6 Å². The van der Waals surface area contributed by atoms with Gasteiger partial charge in [-0.15, -0.1) is 0 Å². The van der Waals surface area contributed by atoms with Gasteiger partial charge in [-0.2, -0.15) is 5.10 Å². The van der Waals surface area contributed by atoms with Gasteiger partial charge >= 0.3 is 6.03 Å². The number of aromatic nitrogens is 3. The van der Waals surface area contributed by atoms with Crippen LogP contribution in [0.3, 0.4) is 0 Å².